The average molecular weight is 777 g/mol. The molecule has 0 amide bonds. The number of rotatable bonds is 17. The van der Waals surface area contributed by atoms with Gasteiger partial charge in [-0.15, -0.1) is 24.8 Å². The number of nitrogens with two attached hydrogens (primary N) is 3. The van der Waals surface area contributed by atoms with E-state index in [0.29, 0.717) is 70.2 Å². The zero-order valence-electron chi connectivity index (χ0n) is 27.2. The van der Waals surface area contributed by atoms with Gasteiger partial charge in [0.05, 0.1) is 11.3 Å². The first-order valence-electron chi connectivity index (χ1n) is 15.2. The molecule has 51 heavy (non-hydrogen) atoms. The molecule has 0 spiro atoms. The van der Waals surface area contributed by atoms with E-state index in [1.54, 1.807) is 48.5 Å². The van der Waals surface area contributed by atoms with Gasteiger partial charge in [-0.05, 0) is 67.9 Å². The summed E-state index contributed by atoms with van der Waals surface area (Å²) in [4.78, 5) is 33.1. The number of carbonyl (C=O) groups excluding carboxylic acids is 2. The van der Waals surface area contributed by atoms with E-state index in [-0.39, 0.29) is 67.8 Å². The van der Waals surface area contributed by atoms with Crippen LogP contribution in [-0.4, -0.2) is 54.3 Å². The molecular formula is C34H36Cl3N7O6S. The second-order valence-electron chi connectivity index (χ2n) is 10.5. The van der Waals surface area contributed by atoms with Crippen molar-refractivity contribution in [3.63, 3.8) is 0 Å². The topological polar surface area (TPSA) is 226 Å². The predicted molar refractivity (Wildman–Crippen MR) is 197 cm³/mol. The van der Waals surface area contributed by atoms with E-state index >= 15 is 0 Å². The van der Waals surface area contributed by atoms with Crippen molar-refractivity contribution < 1.29 is 28.2 Å². The minimum absolute atomic E-state index is 0. The molecule has 0 unspecified atom stereocenters. The van der Waals surface area contributed by atoms with Crippen LogP contribution in [0.15, 0.2) is 64.2 Å². The highest BCUT2D eigenvalue weighted by molar-refractivity contribution is 7.98. The van der Waals surface area contributed by atoms with Gasteiger partial charge in [0.1, 0.15) is 53.8 Å². The first kappa shape index (κ1) is 42.6. The molecular weight excluding hydrogens is 741 g/mol. The van der Waals surface area contributed by atoms with E-state index in [1.165, 1.54) is 18.0 Å². The molecule has 17 heteroatoms. The maximum Gasteiger partial charge on any atom is 0.306 e. The van der Waals surface area contributed by atoms with Crippen LogP contribution >= 0.6 is 48.2 Å². The maximum atomic E-state index is 12.2. The fraction of sp³-hybridized carbons (Fsp3) is 0.294. The molecule has 1 atom stereocenters. The molecule has 270 valence electrons. The number of esters is 2. The number of pyridine rings is 1. The summed E-state index contributed by atoms with van der Waals surface area (Å²) in [5.41, 5.74) is 19.6. The lowest BCUT2D eigenvalue weighted by Gasteiger charge is -2.19. The number of anilines is 1. The zero-order valence-corrected chi connectivity index (χ0v) is 30.4. The molecule has 2 heterocycles. The van der Waals surface area contributed by atoms with Crippen LogP contribution < -0.4 is 21.9 Å². The van der Waals surface area contributed by atoms with Gasteiger partial charge in [0, 0.05) is 34.7 Å². The van der Waals surface area contributed by atoms with Crippen molar-refractivity contribution in [3.05, 3.63) is 76.6 Å². The highest BCUT2D eigenvalue weighted by Crippen LogP contribution is 2.37. The highest BCUT2D eigenvalue weighted by Gasteiger charge is 2.22. The first-order valence-corrected chi connectivity index (χ1v) is 16.6. The lowest BCUT2D eigenvalue weighted by molar-refractivity contribution is -0.161. The molecule has 0 aliphatic rings. The monoisotopic (exact) mass is 775 g/mol. The first-order chi connectivity index (χ1) is 23.8. The minimum atomic E-state index is -0.867. The van der Waals surface area contributed by atoms with Gasteiger partial charge in [0.2, 0.25) is 5.89 Å². The maximum absolute atomic E-state index is 12.2. The molecule has 4 rings (SSSR count). The number of hydrogen-bond donors (Lipinski definition) is 3. The number of aromatic nitrogens is 2. The average Bonchev–Trinajstić information content (AvgIpc) is 3.59. The number of nitrogens with zero attached hydrogens (tertiary/aromatic N) is 4. The van der Waals surface area contributed by atoms with Gasteiger partial charge in [-0.3, -0.25) is 9.59 Å². The summed E-state index contributed by atoms with van der Waals surface area (Å²) in [5.74, 6) is 0.158. The van der Waals surface area contributed by atoms with Crippen LogP contribution in [0.2, 0.25) is 5.02 Å². The fourth-order valence-electron chi connectivity index (χ4n) is 4.45. The normalized spacial score (nSPS) is 10.8. The lowest BCUT2D eigenvalue weighted by Crippen LogP contribution is -2.31. The summed E-state index contributed by atoms with van der Waals surface area (Å²) in [6, 6.07) is 17.9. The standard InChI is InChI=1S/C34H34ClN7O6S.2ClH/c35-23-9-5-22(6-10-23)33-41-24(17-47-33)20-49-34-28(16-39)31(27(15-38)32(40)42-34)21-7-11-25(12-8-21)45-18-26(48-30(44)4-2-14-37)19-46-29(43)3-1-13-36;;/h5-12,17,26H,1-4,13-14,18-20,36-37H2,(H2,40,42);2*1H/t26-;;/m0../s1. The van der Waals surface area contributed by atoms with E-state index in [4.69, 9.17) is 47.4 Å². The Morgan fingerprint density at radius 1 is 0.882 bits per heavy atom. The largest absolute Gasteiger partial charge is 0.490 e. The Balaban J connectivity index is 0.00000451. The molecule has 2 aromatic heterocycles. The van der Waals surface area contributed by atoms with Crippen molar-refractivity contribution in [2.24, 2.45) is 11.5 Å². The Hall–Kier alpha value is -4.54. The number of benzene rings is 2. The van der Waals surface area contributed by atoms with Gasteiger partial charge >= 0.3 is 11.9 Å². The third kappa shape index (κ3) is 12.3. The molecule has 0 saturated heterocycles. The third-order valence-corrected chi connectivity index (χ3v) is 8.15. The number of thioether (sulfide) groups is 1. The molecule has 0 aliphatic carbocycles. The van der Waals surface area contributed by atoms with Crippen molar-refractivity contribution in [1.29, 1.82) is 10.5 Å². The van der Waals surface area contributed by atoms with Crippen molar-refractivity contribution in [2.45, 2.75) is 42.6 Å². The molecule has 0 fully saturated rings. The summed E-state index contributed by atoms with van der Waals surface area (Å²) in [7, 11) is 0. The van der Waals surface area contributed by atoms with Crippen LogP contribution in [0.4, 0.5) is 5.82 Å². The van der Waals surface area contributed by atoms with Gasteiger partial charge in [0.15, 0.2) is 6.10 Å². The van der Waals surface area contributed by atoms with Crippen molar-refractivity contribution in [1.82, 2.24) is 9.97 Å². The Bertz CT molecular complexity index is 1830. The second-order valence-corrected chi connectivity index (χ2v) is 11.9. The number of nitriles is 2. The summed E-state index contributed by atoms with van der Waals surface area (Å²) in [6.07, 6.45) is 1.84. The van der Waals surface area contributed by atoms with E-state index in [2.05, 4.69) is 22.1 Å². The summed E-state index contributed by atoms with van der Waals surface area (Å²) >= 11 is 7.21. The summed E-state index contributed by atoms with van der Waals surface area (Å²) in [5, 5.41) is 21.1. The summed E-state index contributed by atoms with van der Waals surface area (Å²) in [6.45, 7) is 0.379. The third-order valence-electron chi connectivity index (χ3n) is 6.89. The molecule has 0 radical (unpaired) electrons. The van der Waals surface area contributed by atoms with E-state index in [0.717, 1.165) is 5.56 Å². The van der Waals surface area contributed by atoms with Crippen LogP contribution in [0.3, 0.4) is 0 Å². The van der Waals surface area contributed by atoms with Gasteiger partial charge in [-0.2, -0.15) is 10.5 Å². The Kier molecular flexibility index (Phi) is 18.1. The molecule has 4 aromatic rings. The number of hydrogen-bond acceptors (Lipinski definition) is 14. The van der Waals surface area contributed by atoms with Crippen molar-refractivity contribution in [3.8, 4) is 40.5 Å². The highest BCUT2D eigenvalue weighted by atomic mass is 35.5. The van der Waals surface area contributed by atoms with Gasteiger partial charge in [-0.25, -0.2) is 9.97 Å². The van der Waals surface area contributed by atoms with E-state index in [1.807, 2.05) is 0 Å². The predicted octanol–water partition coefficient (Wildman–Crippen LogP) is 5.83. The molecule has 6 N–H and O–H groups in total. The number of carbonyl (C=O) groups is 2. The van der Waals surface area contributed by atoms with Crippen molar-refractivity contribution >= 4 is 65.9 Å². The fourth-order valence-corrected chi connectivity index (χ4v) is 5.45. The zero-order chi connectivity index (χ0) is 35.2. The quantitative estimate of drug-likeness (QED) is 0.0847. The molecule has 0 saturated carbocycles. The number of nitrogen functional groups attached to an aromatic ring is 1. The smallest absolute Gasteiger partial charge is 0.306 e. The van der Waals surface area contributed by atoms with Crippen molar-refractivity contribution in [2.75, 3.05) is 32.0 Å². The molecule has 0 aliphatic heterocycles. The van der Waals surface area contributed by atoms with Crippen LogP contribution in [0.1, 0.15) is 42.5 Å². The SMILES string of the molecule is Cl.Cl.N#Cc1c(N)nc(SCc2coc(-c3ccc(Cl)cc3)n2)c(C#N)c1-c1ccc(OC[C@@H](COC(=O)CCCN)OC(=O)CCCN)cc1. The van der Waals surface area contributed by atoms with Gasteiger partial charge in [0.25, 0.3) is 0 Å². The van der Waals surface area contributed by atoms with Gasteiger partial charge in [-0.1, -0.05) is 35.5 Å². The van der Waals surface area contributed by atoms with E-state index < -0.39 is 18.0 Å². The number of oxazole rings is 1. The Morgan fingerprint density at radius 2 is 1.51 bits per heavy atom. The molecule has 0 bridgehead atoms. The molecule has 2 aromatic carbocycles. The van der Waals surface area contributed by atoms with Crippen LogP contribution in [0, 0.1) is 22.7 Å². The Labute approximate surface area is 316 Å². The lowest BCUT2D eigenvalue weighted by atomic mass is 9.97. The van der Waals surface area contributed by atoms with Crippen LogP contribution in [0.25, 0.3) is 22.6 Å². The van der Waals surface area contributed by atoms with E-state index in [9.17, 15) is 20.1 Å². The minimum Gasteiger partial charge on any atom is -0.490 e. The number of ether oxygens (including phenoxy) is 3. The number of halogens is 3. The van der Waals surface area contributed by atoms with Crippen LogP contribution in [-0.2, 0) is 24.8 Å². The van der Waals surface area contributed by atoms with Crippen LogP contribution in [0.5, 0.6) is 5.75 Å². The Morgan fingerprint density at radius 3 is 2.14 bits per heavy atom. The summed E-state index contributed by atoms with van der Waals surface area (Å²) < 4.78 is 22.2. The second kappa shape index (κ2) is 21.6. The van der Waals surface area contributed by atoms with Gasteiger partial charge < -0.3 is 35.8 Å². The molecule has 13 nitrogen and oxygen atoms in total.